The second-order valence-electron chi connectivity index (χ2n) is 5.79. The van der Waals surface area contributed by atoms with Crippen LogP contribution in [0, 0.1) is 5.92 Å². The van der Waals surface area contributed by atoms with Crippen molar-refractivity contribution < 1.29 is 0 Å². The molecule has 0 radical (unpaired) electrons. The standard InChI is InChI=1S/C13H19N7/c1-2-11(1)19(9-10-5-7-14-8-6-10)13-4-3-12-15-17-18-20(12)16-13/h3-4,10-11,14H,1-2,5-9H2. The highest BCUT2D eigenvalue weighted by atomic mass is 15.6. The van der Waals surface area contributed by atoms with E-state index in [2.05, 4.69) is 30.8 Å². The summed E-state index contributed by atoms with van der Waals surface area (Å²) >= 11 is 0. The molecule has 2 aliphatic rings. The maximum absolute atomic E-state index is 4.55. The summed E-state index contributed by atoms with van der Waals surface area (Å²) in [6.45, 7) is 3.39. The highest BCUT2D eigenvalue weighted by Crippen LogP contribution is 2.32. The van der Waals surface area contributed by atoms with E-state index in [0.29, 0.717) is 11.7 Å². The van der Waals surface area contributed by atoms with Gasteiger partial charge in [0.05, 0.1) is 0 Å². The van der Waals surface area contributed by atoms with E-state index in [1.165, 1.54) is 30.3 Å². The minimum Gasteiger partial charge on any atom is -0.352 e. The van der Waals surface area contributed by atoms with E-state index in [-0.39, 0.29) is 0 Å². The third-order valence-electron chi connectivity index (χ3n) is 4.25. The van der Waals surface area contributed by atoms with Crippen LogP contribution in [0.25, 0.3) is 5.65 Å². The molecule has 1 aliphatic heterocycles. The van der Waals surface area contributed by atoms with Gasteiger partial charge in [0.25, 0.3) is 0 Å². The van der Waals surface area contributed by atoms with Crippen LogP contribution in [0.2, 0.25) is 0 Å². The summed E-state index contributed by atoms with van der Waals surface area (Å²) < 4.78 is 1.52. The van der Waals surface area contributed by atoms with E-state index >= 15 is 0 Å². The number of rotatable bonds is 4. The third kappa shape index (κ3) is 2.33. The predicted molar refractivity (Wildman–Crippen MR) is 74.5 cm³/mol. The zero-order chi connectivity index (χ0) is 13.4. The van der Waals surface area contributed by atoms with Crippen molar-refractivity contribution in [2.75, 3.05) is 24.5 Å². The van der Waals surface area contributed by atoms with Gasteiger partial charge in [-0.3, -0.25) is 0 Å². The van der Waals surface area contributed by atoms with Gasteiger partial charge in [0.15, 0.2) is 11.5 Å². The van der Waals surface area contributed by atoms with Crippen LogP contribution in [-0.2, 0) is 0 Å². The lowest BCUT2D eigenvalue weighted by atomic mass is 9.97. The lowest BCUT2D eigenvalue weighted by Gasteiger charge is -2.30. The molecular formula is C13H19N7. The molecule has 0 unspecified atom stereocenters. The first-order chi connectivity index (χ1) is 9.90. The van der Waals surface area contributed by atoms with E-state index < -0.39 is 0 Å². The Balaban J connectivity index is 1.57. The summed E-state index contributed by atoms with van der Waals surface area (Å²) in [6, 6.07) is 4.65. The second-order valence-corrected chi connectivity index (χ2v) is 5.79. The molecule has 2 fully saturated rings. The highest BCUT2D eigenvalue weighted by molar-refractivity contribution is 5.46. The Hall–Kier alpha value is -1.76. The van der Waals surface area contributed by atoms with Crippen LogP contribution in [0.15, 0.2) is 12.1 Å². The molecule has 1 saturated carbocycles. The van der Waals surface area contributed by atoms with Crippen molar-refractivity contribution in [3.8, 4) is 0 Å². The first kappa shape index (κ1) is 12.0. The maximum atomic E-state index is 4.55. The molecule has 3 heterocycles. The molecule has 7 nitrogen and oxygen atoms in total. The molecule has 7 heteroatoms. The van der Waals surface area contributed by atoms with Gasteiger partial charge in [-0.2, -0.15) is 0 Å². The largest absolute Gasteiger partial charge is 0.352 e. The minimum atomic E-state index is 0.659. The van der Waals surface area contributed by atoms with Crippen LogP contribution < -0.4 is 10.2 Å². The normalized spacial score (nSPS) is 20.4. The lowest BCUT2D eigenvalue weighted by molar-refractivity contribution is 0.371. The van der Waals surface area contributed by atoms with Crippen molar-refractivity contribution in [3.63, 3.8) is 0 Å². The number of nitrogens with zero attached hydrogens (tertiary/aromatic N) is 6. The Morgan fingerprint density at radius 3 is 2.85 bits per heavy atom. The first-order valence-corrected chi connectivity index (χ1v) is 7.43. The van der Waals surface area contributed by atoms with Crippen LogP contribution in [0.1, 0.15) is 25.7 Å². The molecule has 2 aromatic rings. The second kappa shape index (κ2) is 4.97. The van der Waals surface area contributed by atoms with Crippen molar-refractivity contribution in [1.82, 2.24) is 30.6 Å². The Bertz CT molecular complexity index is 585. The predicted octanol–water partition coefficient (Wildman–Crippen LogP) is 0.488. The summed E-state index contributed by atoms with van der Waals surface area (Å²) in [7, 11) is 0. The van der Waals surface area contributed by atoms with Gasteiger partial charge >= 0.3 is 0 Å². The van der Waals surface area contributed by atoms with Crippen LogP contribution in [0.3, 0.4) is 0 Å². The zero-order valence-electron chi connectivity index (χ0n) is 11.4. The van der Waals surface area contributed by atoms with E-state index in [0.717, 1.165) is 31.4 Å². The van der Waals surface area contributed by atoms with Gasteiger partial charge in [0.2, 0.25) is 0 Å². The monoisotopic (exact) mass is 273 g/mol. The summed E-state index contributed by atoms with van der Waals surface area (Å²) in [4.78, 5) is 2.46. The number of hydrogen-bond donors (Lipinski definition) is 1. The van der Waals surface area contributed by atoms with Gasteiger partial charge in [-0.15, -0.1) is 14.8 Å². The highest BCUT2D eigenvalue weighted by Gasteiger charge is 2.32. The van der Waals surface area contributed by atoms with Gasteiger partial charge in [0.1, 0.15) is 0 Å². The molecule has 4 rings (SSSR count). The van der Waals surface area contributed by atoms with Gasteiger partial charge in [-0.25, -0.2) is 0 Å². The fourth-order valence-electron chi connectivity index (χ4n) is 2.95. The molecule has 1 aliphatic carbocycles. The van der Waals surface area contributed by atoms with Gasteiger partial charge < -0.3 is 10.2 Å². The first-order valence-electron chi connectivity index (χ1n) is 7.43. The molecule has 0 amide bonds. The fraction of sp³-hybridized carbons (Fsp3) is 0.692. The number of aromatic nitrogens is 5. The Labute approximate surface area is 117 Å². The Morgan fingerprint density at radius 1 is 1.20 bits per heavy atom. The molecule has 0 spiro atoms. The van der Waals surface area contributed by atoms with E-state index in [9.17, 15) is 0 Å². The minimum absolute atomic E-state index is 0.659. The van der Waals surface area contributed by atoms with Crippen LogP contribution >= 0.6 is 0 Å². The topological polar surface area (TPSA) is 71.2 Å². The third-order valence-corrected chi connectivity index (χ3v) is 4.25. The van der Waals surface area contributed by atoms with Crippen molar-refractivity contribution in [3.05, 3.63) is 12.1 Å². The van der Waals surface area contributed by atoms with Crippen molar-refractivity contribution >= 4 is 11.5 Å². The van der Waals surface area contributed by atoms with Gasteiger partial charge in [0, 0.05) is 12.6 Å². The van der Waals surface area contributed by atoms with Crippen molar-refractivity contribution in [1.29, 1.82) is 0 Å². The van der Waals surface area contributed by atoms with Crippen LogP contribution in [-0.4, -0.2) is 50.9 Å². The van der Waals surface area contributed by atoms with Crippen molar-refractivity contribution in [2.24, 2.45) is 5.92 Å². The van der Waals surface area contributed by atoms with Gasteiger partial charge in [-0.1, -0.05) is 0 Å². The average molecular weight is 273 g/mol. The molecule has 1 N–H and O–H groups in total. The molecule has 0 bridgehead atoms. The molecule has 2 aromatic heterocycles. The number of anilines is 1. The zero-order valence-corrected chi connectivity index (χ0v) is 11.4. The number of piperidine rings is 1. The smallest absolute Gasteiger partial charge is 0.200 e. The Kier molecular flexibility index (Phi) is 2.99. The summed E-state index contributed by atoms with van der Waals surface area (Å²) in [5.74, 6) is 1.77. The fourth-order valence-corrected chi connectivity index (χ4v) is 2.95. The Morgan fingerprint density at radius 2 is 2.05 bits per heavy atom. The van der Waals surface area contributed by atoms with Crippen LogP contribution in [0.5, 0.6) is 0 Å². The number of fused-ring (bicyclic) bond motifs is 1. The average Bonchev–Trinajstić information content (AvgIpc) is 3.22. The molecule has 0 atom stereocenters. The SMILES string of the molecule is c1cc2nnnn2nc1N(CC1CCNCC1)C1CC1. The quantitative estimate of drug-likeness (QED) is 0.874. The number of tetrazole rings is 1. The summed E-state index contributed by atoms with van der Waals surface area (Å²) in [5, 5.41) is 19.4. The number of nitrogens with one attached hydrogen (secondary N) is 1. The molecule has 20 heavy (non-hydrogen) atoms. The van der Waals surface area contributed by atoms with E-state index in [1.807, 2.05) is 12.1 Å². The van der Waals surface area contributed by atoms with E-state index in [4.69, 9.17) is 0 Å². The van der Waals surface area contributed by atoms with Gasteiger partial charge in [-0.05, 0) is 67.3 Å². The number of hydrogen-bond acceptors (Lipinski definition) is 6. The molecule has 1 saturated heterocycles. The summed E-state index contributed by atoms with van der Waals surface area (Å²) in [6.07, 6.45) is 5.08. The molecular weight excluding hydrogens is 254 g/mol. The maximum Gasteiger partial charge on any atom is 0.200 e. The summed E-state index contributed by atoms with van der Waals surface area (Å²) in [5.41, 5.74) is 0.700. The van der Waals surface area contributed by atoms with Crippen LogP contribution in [0.4, 0.5) is 5.82 Å². The molecule has 106 valence electrons. The van der Waals surface area contributed by atoms with E-state index in [1.54, 1.807) is 0 Å². The van der Waals surface area contributed by atoms with Crippen molar-refractivity contribution in [2.45, 2.75) is 31.7 Å². The lowest BCUT2D eigenvalue weighted by Crippen LogP contribution is -2.37. The molecule has 0 aromatic carbocycles.